The fourth-order valence-corrected chi connectivity index (χ4v) is 1.55. The van der Waals surface area contributed by atoms with Crippen LogP contribution in [0.25, 0.3) is 0 Å². The van der Waals surface area contributed by atoms with Crippen molar-refractivity contribution in [2.45, 2.75) is 30.0 Å². The fraction of sp³-hybridized carbons (Fsp3) is 0.833. The Kier molecular flexibility index (Phi) is 2.24. The Bertz CT molecular complexity index is 256. The summed E-state index contributed by atoms with van der Waals surface area (Å²) in [5, 5.41) is -3.38. The average Bonchev–Trinajstić information content (AvgIpc) is 1.82. The van der Waals surface area contributed by atoms with Gasteiger partial charge in [-0.25, -0.2) is 18.0 Å². The van der Waals surface area contributed by atoms with Crippen LogP contribution in [0.15, 0.2) is 0 Å². The third-order valence-electron chi connectivity index (χ3n) is 1.99. The molecule has 1 aliphatic rings. The van der Waals surface area contributed by atoms with Crippen LogP contribution in [0, 0.1) is 0 Å². The van der Waals surface area contributed by atoms with Gasteiger partial charge in [0.25, 0.3) is 5.13 Å². The Morgan fingerprint density at radius 1 is 1.46 bits per heavy atom. The first-order valence-electron chi connectivity index (χ1n) is 3.26. The lowest BCUT2D eigenvalue weighted by Gasteiger charge is -2.51. The van der Waals surface area contributed by atoms with Crippen LogP contribution in [0.4, 0.5) is 18.0 Å². The molecule has 0 spiro atoms. The molecule has 7 heteroatoms. The molecule has 0 amide bonds. The van der Waals surface area contributed by atoms with E-state index in [4.69, 9.17) is 23.2 Å². The van der Waals surface area contributed by atoms with E-state index in [1.165, 1.54) is 0 Å². The van der Waals surface area contributed by atoms with Crippen LogP contribution in [-0.4, -0.2) is 22.1 Å². The van der Waals surface area contributed by atoms with Gasteiger partial charge in [0.15, 0.2) is 5.60 Å². The molecule has 0 radical (unpaired) electrons. The van der Waals surface area contributed by atoms with Gasteiger partial charge >= 0.3 is 11.4 Å². The molecule has 2 unspecified atom stereocenters. The molecule has 2 atom stereocenters. The minimum atomic E-state index is -3.70. The quantitative estimate of drug-likeness (QED) is 0.517. The molecule has 0 bridgehead atoms. The Labute approximate surface area is 81.9 Å². The number of carbonyl (C=O) groups excluding carboxylic acids is 1. The fourth-order valence-electron chi connectivity index (χ4n) is 1.20. The highest BCUT2D eigenvalue weighted by Crippen LogP contribution is 2.60. The zero-order valence-electron chi connectivity index (χ0n) is 6.41. The predicted molar refractivity (Wildman–Crippen MR) is 40.0 cm³/mol. The van der Waals surface area contributed by atoms with Gasteiger partial charge in [-0.15, -0.1) is 0 Å². The van der Waals surface area contributed by atoms with Crippen LogP contribution < -0.4 is 0 Å². The number of hydrogen-bond donors (Lipinski definition) is 0. The second-order valence-electron chi connectivity index (χ2n) is 3.03. The van der Waals surface area contributed by atoms with Crippen molar-refractivity contribution in [3.8, 4) is 0 Å². The molecule has 0 aromatic heterocycles. The lowest BCUT2D eigenvalue weighted by atomic mass is 9.75. The van der Waals surface area contributed by atoms with Crippen molar-refractivity contribution in [3.05, 3.63) is 0 Å². The van der Waals surface area contributed by atoms with Gasteiger partial charge in [0.05, 0.1) is 6.42 Å². The largest absolute Gasteiger partial charge is 0.442 e. The number of hydrogen-bond acceptors (Lipinski definition) is 2. The van der Waals surface area contributed by atoms with Gasteiger partial charge in [-0.3, -0.25) is 0 Å². The summed E-state index contributed by atoms with van der Waals surface area (Å²) >= 11 is 9.66. The normalized spacial score (nSPS) is 42.3. The lowest BCUT2D eigenvalue weighted by Crippen LogP contribution is -2.70. The molecule has 0 saturated heterocycles. The van der Waals surface area contributed by atoms with Crippen molar-refractivity contribution in [2.24, 2.45) is 0 Å². The van der Waals surface area contributed by atoms with E-state index in [0.717, 1.165) is 6.92 Å². The van der Waals surface area contributed by atoms with Gasteiger partial charge in [0.1, 0.15) is 0 Å². The topological polar surface area (TPSA) is 26.3 Å². The van der Waals surface area contributed by atoms with E-state index in [-0.39, 0.29) is 0 Å². The smallest absolute Gasteiger partial charge is 0.404 e. The van der Waals surface area contributed by atoms with Crippen molar-refractivity contribution in [1.29, 1.82) is 0 Å². The van der Waals surface area contributed by atoms with Gasteiger partial charge in [-0.05, 0) is 6.92 Å². The second-order valence-corrected chi connectivity index (χ2v) is 3.86. The Morgan fingerprint density at radius 3 is 2.15 bits per heavy atom. The zero-order valence-corrected chi connectivity index (χ0v) is 7.93. The van der Waals surface area contributed by atoms with Crippen molar-refractivity contribution in [3.63, 3.8) is 0 Å². The zero-order chi connectivity index (χ0) is 10.5. The SMILES string of the molecule is CC1(OC(=O)Cl)CC(F)(F)C1(F)Cl. The summed E-state index contributed by atoms with van der Waals surface area (Å²) in [5.41, 5.74) is -3.42. The van der Waals surface area contributed by atoms with Crippen molar-refractivity contribution in [2.75, 3.05) is 0 Å². The maximum absolute atomic E-state index is 13.1. The Hall–Kier alpha value is -0.160. The van der Waals surface area contributed by atoms with Gasteiger partial charge < -0.3 is 4.74 Å². The lowest BCUT2D eigenvalue weighted by molar-refractivity contribution is -0.276. The van der Waals surface area contributed by atoms with E-state index in [9.17, 15) is 18.0 Å². The number of halogens is 5. The van der Waals surface area contributed by atoms with Crippen LogP contribution in [0.2, 0.25) is 0 Å². The standard InChI is InChI=1S/C6H5Cl2F3O2/c1-4(13-3(7)12)2-5(9,10)6(4,8)11/h2H2,1H3. The molecule has 2 nitrogen and oxygen atoms in total. The monoisotopic (exact) mass is 236 g/mol. The minimum absolute atomic E-state index is 0.956. The molecule has 1 rings (SSSR count). The highest BCUT2D eigenvalue weighted by atomic mass is 35.5. The molecule has 0 aliphatic heterocycles. The molecule has 76 valence electrons. The molecule has 0 heterocycles. The molecule has 1 fully saturated rings. The number of alkyl halides is 4. The Balaban J connectivity index is 2.82. The molecule has 0 N–H and O–H groups in total. The van der Waals surface area contributed by atoms with Crippen molar-refractivity contribution in [1.82, 2.24) is 0 Å². The number of carbonyl (C=O) groups is 1. The third kappa shape index (κ3) is 1.38. The van der Waals surface area contributed by atoms with Gasteiger partial charge in [0.2, 0.25) is 0 Å². The predicted octanol–water partition coefficient (Wildman–Crippen LogP) is 3.06. The second kappa shape index (κ2) is 2.67. The maximum atomic E-state index is 13.1. The molecule has 1 saturated carbocycles. The van der Waals surface area contributed by atoms with E-state index < -0.39 is 28.5 Å². The van der Waals surface area contributed by atoms with Gasteiger partial charge in [0, 0.05) is 11.6 Å². The first-order valence-corrected chi connectivity index (χ1v) is 4.02. The first-order chi connectivity index (χ1) is 5.62. The van der Waals surface area contributed by atoms with Gasteiger partial charge in [-0.1, -0.05) is 11.6 Å². The average molecular weight is 237 g/mol. The van der Waals surface area contributed by atoms with Gasteiger partial charge in [-0.2, -0.15) is 0 Å². The summed E-state index contributed by atoms with van der Waals surface area (Å²) in [6.45, 7) is 0.956. The van der Waals surface area contributed by atoms with E-state index in [2.05, 4.69) is 4.74 Å². The van der Waals surface area contributed by atoms with Crippen LogP contribution in [0.3, 0.4) is 0 Å². The molecule has 0 aromatic carbocycles. The van der Waals surface area contributed by atoms with E-state index >= 15 is 0 Å². The van der Waals surface area contributed by atoms with Crippen molar-refractivity contribution >= 4 is 28.6 Å². The first kappa shape index (κ1) is 10.9. The van der Waals surface area contributed by atoms with Crippen LogP contribution in [0.1, 0.15) is 13.3 Å². The summed E-state index contributed by atoms with van der Waals surface area (Å²) < 4.78 is 42.3. The van der Waals surface area contributed by atoms with Crippen LogP contribution >= 0.6 is 23.2 Å². The summed E-state index contributed by atoms with van der Waals surface area (Å²) in [6.07, 6.45) is -0.974. The highest BCUT2D eigenvalue weighted by molar-refractivity contribution is 6.61. The summed E-state index contributed by atoms with van der Waals surface area (Å²) in [4.78, 5) is 10.2. The highest BCUT2D eigenvalue weighted by Gasteiger charge is 2.78. The van der Waals surface area contributed by atoms with Crippen LogP contribution in [0.5, 0.6) is 0 Å². The molecule has 0 aromatic rings. The molecule has 13 heavy (non-hydrogen) atoms. The third-order valence-corrected chi connectivity index (χ3v) is 2.74. The molecule has 1 aliphatic carbocycles. The molecular weight excluding hydrogens is 232 g/mol. The minimum Gasteiger partial charge on any atom is -0.442 e. The van der Waals surface area contributed by atoms with Crippen LogP contribution in [-0.2, 0) is 4.74 Å². The van der Waals surface area contributed by atoms with Crippen molar-refractivity contribution < 1.29 is 22.7 Å². The van der Waals surface area contributed by atoms with E-state index in [1.54, 1.807) is 0 Å². The number of ether oxygens (including phenoxy) is 1. The maximum Gasteiger partial charge on any atom is 0.404 e. The molecular formula is C6H5Cl2F3O2. The number of rotatable bonds is 1. The summed E-state index contributed by atoms with van der Waals surface area (Å²) in [6, 6.07) is 0. The Morgan fingerprint density at radius 2 is 1.92 bits per heavy atom. The summed E-state index contributed by atoms with van der Waals surface area (Å²) in [7, 11) is 0. The van der Waals surface area contributed by atoms with E-state index in [1.807, 2.05) is 0 Å². The van der Waals surface area contributed by atoms with E-state index in [0.29, 0.717) is 0 Å². The summed E-state index contributed by atoms with van der Waals surface area (Å²) in [5.74, 6) is -3.70.